The van der Waals surface area contributed by atoms with E-state index in [4.69, 9.17) is 28.3 Å². The van der Waals surface area contributed by atoms with Gasteiger partial charge in [0.2, 0.25) is 0 Å². The molecule has 0 rings (SSSR count). The van der Waals surface area contributed by atoms with Crippen molar-refractivity contribution < 1.29 is 14.6 Å². The van der Waals surface area contributed by atoms with Crippen LogP contribution < -0.4 is 0 Å². The first-order valence-electron chi connectivity index (χ1n) is 5.48. The lowest BCUT2D eigenvalue weighted by Gasteiger charge is -2.10. The lowest BCUT2D eigenvalue weighted by atomic mass is 10.0. The molecule has 5 heteroatoms. The lowest BCUT2D eigenvalue weighted by Crippen LogP contribution is -2.19. The summed E-state index contributed by atoms with van der Waals surface area (Å²) in [5.74, 6) is -0.610. The maximum absolute atomic E-state index is 11.0. The number of carbonyl (C=O) groups is 1. The molecule has 0 aliphatic rings. The summed E-state index contributed by atoms with van der Waals surface area (Å²) in [5, 5.41) is 9.08. The van der Waals surface area contributed by atoms with Crippen molar-refractivity contribution >= 4 is 29.2 Å². The Morgan fingerprint density at radius 1 is 1.31 bits per heavy atom. The zero-order chi connectivity index (χ0) is 12.8. The summed E-state index contributed by atoms with van der Waals surface area (Å²) >= 11 is 9.53. The van der Waals surface area contributed by atoms with Crippen LogP contribution >= 0.6 is 23.2 Å². The highest BCUT2D eigenvalue weighted by atomic mass is 35.5. The van der Waals surface area contributed by atoms with Crippen LogP contribution in [0.5, 0.6) is 0 Å². The molecule has 0 amide bonds. The van der Waals surface area contributed by atoms with Crippen LogP contribution in [0.2, 0.25) is 0 Å². The molecule has 3 nitrogen and oxygen atoms in total. The summed E-state index contributed by atoms with van der Waals surface area (Å²) in [6, 6.07) is 0. The summed E-state index contributed by atoms with van der Waals surface area (Å²) in [4.78, 5) is 11.0. The number of halogens is 2. The van der Waals surface area contributed by atoms with Gasteiger partial charge in [-0.25, -0.2) is 0 Å². The normalized spacial score (nSPS) is 11.3. The Kier molecular flexibility index (Phi) is 17.2. The molecule has 98 valence electrons. The van der Waals surface area contributed by atoms with Crippen molar-refractivity contribution in [3.05, 3.63) is 0 Å². The van der Waals surface area contributed by atoms with Crippen LogP contribution in [0.4, 0.5) is 0 Å². The van der Waals surface area contributed by atoms with Gasteiger partial charge >= 0.3 is 5.97 Å². The van der Waals surface area contributed by atoms with Crippen LogP contribution in [-0.4, -0.2) is 30.1 Å². The Bertz CT molecular complexity index is 154. The van der Waals surface area contributed by atoms with Gasteiger partial charge in [0.25, 0.3) is 0 Å². The van der Waals surface area contributed by atoms with E-state index in [1.807, 2.05) is 0 Å². The van der Waals surface area contributed by atoms with Crippen LogP contribution in [0, 0.1) is 5.92 Å². The number of unbranched alkanes of at least 4 members (excludes halogenated alkanes) is 3. The van der Waals surface area contributed by atoms with Gasteiger partial charge in [-0.1, -0.05) is 32.6 Å². The van der Waals surface area contributed by atoms with Gasteiger partial charge in [0, 0.05) is 0 Å². The topological polar surface area (TPSA) is 46.5 Å². The number of rotatable bonds is 7. The second-order valence-electron chi connectivity index (χ2n) is 3.35. The molecule has 1 unspecified atom stereocenters. The van der Waals surface area contributed by atoms with E-state index in [0.29, 0.717) is 0 Å². The van der Waals surface area contributed by atoms with Crippen molar-refractivity contribution in [2.75, 3.05) is 19.1 Å². The maximum atomic E-state index is 11.0. The molecule has 0 fully saturated rings. The quantitative estimate of drug-likeness (QED) is 0.440. The number of aliphatic hydroxyl groups excluding tert-OH is 1. The Morgan fingerprint density at radius 3 is 2.25 bits per heavy atom. The van der Waals surface area contributed by atoms with Gasteiger partial charge in [-0.3, -0.25) is 4.79 Å². The molecular weight excluding hydrogens is 251 g/mol. The van der Waals surface area contributed by atoms with Crippen LogP contribution in [0.1, 0.15) is 39.0 Å². The van der Waals surface area contributed by atoms with Crippen molar-refractivity contribution in [3.8, 4) is 0 Å². The lowest BCUT2D eigenvalue weighted by molar-refractivity contribution is -0.147. The van der Waals surface area contributed by atoms with Crippen LogP contribution in [0.3, 0.4) is 0 Å². The first-order chi connectivity index (χ1) is 7.67. The van der Waals surface area contributed by atoms with Crippen molar-refractivity contribution in [3.63, 3.8) is 0 Å². The fourth-order valence-electron chi connectivity index (χ4n) is 1.27. The highest BCUT2D eigenvalue weighted by Gasteiger charge is 2.16. The average molecular weight is 273 g/mol. The third-order valence-corrected chi connectivity index (χ3v) is 2.16. The molecule has 0 spiro atoms. The Labute approximate surface area is 108 Å². The number of ether oxygens (including phenoxy) is 1. The molecule has 0 saturated carbocycles. The Balaban J connectivity index is 0. The molecule has 0 saturated heterocycles. The molecule has 0 aromatic rings. The van der Waals surface area contributed by atoms with E-state index in [1.165, 1.54) is 20.0 Å². The monoisotopic (exact) mass is 272 g/mol. The molecule has 0 aliphatic carbocycles. The Hall–Kier alpha value is 0.01000. The van der Waals surface area contributed by atoms with Crippen LogP contribution in [0.15, 0.2) is 0 Å². The number of carbonyl (C=O) groups excluding carboxylic acids is 1. The predicted molar refractivity (Wildman–Crippen MR) is 67.9 cm³/mol. The minimum Gasteiger partial charge on any atom is -0.469 e. The van der Waals surface area contributed by atoms with Gasteiger partial charge < -0.3 is 9.84 Å². The first kappa shape index (κ1) is 18.4. The predicted octanol–water partition coefficient (Wildman–Crippen LogP) is 3.16. The summed E-state index contributed by atoms with van der Waals surface area (Å²) in [5.41, 5.74) is 0. The largest absolute Gasteiger partial charge is 0.469 e. The second kappa shape index (κ2) is 15.0. The van der Waals surface area contributed by atoms with Crippen LogP contribution in [0.25, 0.3) is 0 Å². The average Bonchev–Trinajstić information content (AvgIpc) is 2.29. The summed E-state index contributed by atoms with van der Waals surface area (Å²) < 4.78 is 4.56. The van der Waals surface area contributed by atoms with Crippen molar-refractivity contribution in [1.29, 1.82) is 0 Å². The third kappa shape index (κ3) is 12.1. The maximum Gasteiger partial charge on any atom is 0.310 e. The van der Waals surface area contributed by atoms with E-state index in [-0.39, 0.29) is 23.8 Å². The van der Waals surface area contributed by atoms with Crippen molar-refractivity contribution in [2.45, 2.75) is 39.0 Å². The van der Waals surface area contributed by atoms with Crippen LogP contribution in [-0.2, 0) is 9.53 Å². The zero-order valence-electron chi connectivity index (χ0n) is 10.0. The highest BCUT2D eigenvalue weighted by molar-refractivity contribution is 6.40. The first-order valence-corrected chi connectivity index (χ1v) is 6.55. The molecule has 0 radical (unpaired) electrons. The number of alkyl halides is 2. The van der Waals surface area contributed by atoms with Gasteiger partial charge in [-0.2, -0.15) is 0 Å². The molecule has 0 aromatic heterocycles. The molecule has 1 atom stereocenters. The Morgan fingerprint density at radius 2 is 1.88 bits per heavy atom. The van der Waals surface area contributed by atoms with Gasteiger partial charge in [0.05, 0.1) is 25.0 Å². The SMILES string of the molecule is CCCCCCC(CO)C(=O)OC.ClCCl. The van der Waals surface area contributed by atoms with Gasteiger partial charge in [0.1, 0.15) is 0 Å². The van der Waals surface area contributed by atoms with Gasteiger partial charge in [0.15, 0.2) is 0 Å². The second-order valence-corrected chi connectivity index (χ2v) is 4.16. The molecule has 1 N–H and O–H groups in total. The minimum absolute atomic E-state index is 0.0984. The van der Waals surface area contributed by atoms with Crippen molar-refractivity contribution in [1.82, 2.24) is 0 Å². The number of methoxy groups -OCH3 is 1. The number of aliphatic hydroxyl groups is 1. The smallest absolute Gasteiger partial charge is 0.310 e. The molecule has 0 aromatic carbocycles. The number of hydrogen-bond acceptors (Lipinski definition) is 3. The highest BCUT2D eigenvalue weighted by Crippen LogP contribution is 2.11. The fourth-order valence-corrected chi connectivity index (χ4v) is 1.27. The van der Waals surface area contributed by atoms with E-state index in [1.54, 1.807) is 0 Å². The van der Waals surface area contributed by atoms with E-state index < -0.39 is 0 Å². The van der Waals surface area contributed by atoms with E-state index in [9.17, 15) is 4.79 Å². The fraction of sp³-hybridized carbons (Fsp3) is 0.909. The standard InChI is InChI=1S/C10H20O3.CH2Cl2/c1-3-4-5-6-7-9(8-11)10(12)13-2;2-1-3/h9,11H,3-8H2,1-2H3;1H2. The van der Waals surface area contributed by atoms with E-state index in [0.717, 1.165) is 19.3 Å². The number of hydrogen-bond donors (Lipinski definition) is 1. The molecule has 0 aliphatic heterocycles. The van der Waals surface area contributed by atoms with Gasteiger partial charge in [-0.15, -0.1) is 23.2 Å². The van der Waals surface area contributed by atoms with Crippen molar-refractivity contribution in [2.24, 2.45) is 5.92 Å². The molecule has 16 heavy (non-hydrogen) atoms. The molecule has 0 bridgehead atoms. The minimum atomic E-state index is -0.318. The van der Waals surface area contributed by atoms with E-state index in [2.05, 4.69) is 11.7 Å². The van der Waals surface area contributed by atoms with Gasteiger partial charge in [-0.05, 0) is 6.42 Å². The van der Waals surface area contributed by atoms with E-state index >= 15 is 0 Å². The summed E-state index contributed by atoms with van der Waals surface area (Å²) in [7, 11) is 1.36. The molecule has 0 heterocycles. The summed E-state index contributed by atoms with van der Waals surface area (Å²) in [6.45, 7) is 2.04. The molecular formula is C11H22Cl2O3. The summed E-state index contributed by atoms with van der Waals surface area (Å²) in [6.07, 6.45) is 5.24. The third-order valence-electron chi connectivity index (χ3n) is 2.16. The zero-order valence-corrected chi connectivity index (χ0v) is 11.6. The number of esters is 1.